The van der Waals surface area contributed by atoms with Gasteiger partial charge in [-0.25, -0.2) is 4.79 Å². The molecule has 3 rings (SSSR count). The van der Waals surface area contributed by atoms with Crippen LogP contribution in [0.15, 0.2) is 63.8 Å². The Morgan fingerprint density at radius 3 is 2.65 bits per heavy atom. The van der Waals surface area contributed by atoms with Crippen LogP contribution in [0, 0.1) is 0 Å². The van der Waals surface area contributed by atoms with Crippen molar-refractivity contribution >= 4 is 40.1 Å². The molecule has 0 aliphatic carbocycles. The molecule has 6 nitrogen and oxygen atoms in total. The number of para-hydroxylation sites is 1. The topological polar surface area (TPSA) is 79.6 Å². The van der Waals surface area contributed by atoms with Gasteiger partial charge in [0.15, 0.2) is 0 Å². The van der Waals surface area contributed by atoms with Crippen molar-refractivity contribution in [2.75, 3.05) is 18.9 Å². The van der Waals surface area contributed by atoms with Crippen molar-refractivity contribution in [2.24, 2.45) is 0 Å². The summed E-state index contributed by atoms with van der Waals surface area (Å²) in [4.78, 5) is 37.9. The molecular formula is C19H15ClN2O4. The molecule has 0 unspecified atom stereocenters. The van der Waals surface area contributed by atoms with Crippen LogP contribution in [-0.4, -0.2) is 30.3 Å². The van der Waals surface area contributed by atoms with Gasteiger partial charge in [-0.05, 0) is 30.3 Å². The Balaban J connectivity index is 1.74. The minimum atomic E-state index is -0.740. The molecule has 2 amide bonds. The summed E-state index contributed by atoms with van der Waals surface area (Å²) in [5.41, 5.74) is 0.0570. The van der Waals surface area contributed by atoms with E-state index in [-0.39, 0.29) is 12.1 Å². The lowest BCUT2D eigenvalue weighted by atomic mass is 10.1. The first-order valence-corrected chi connectivity index (χ1v) is 8.15. The second-order valence-electron chi connectivity index (χ2n) is 5.71. The number of fused-ring (bicyclic) bond motifs is 1. The first-order valence-electron chi connectivity index (χ1n) is 7.78. The van der Waals surface area contributed by atoms with E-state index in [1.54, 1.807) is 48.5 Å². The van der Waals surface area contributed by atoms with E-state index in [4.69, 9.17) is 16.0 Å². The van der Waals surface area contributed by atoms with Crippen LogP contribution in [0.5, 0.6) is 0 Å². The van der Waals surface area contributed by atoms with Crippen LogP contribution in [0.4, 0.5) is 5.69 Å². The summed E-state index contributed by atoms with van der Waals surface area (Å²) in [7, 11) is 1.44. The number of likely N-dealkylation sites (N-methyl/N-ethyl adjacent to an activating group) is 1. The van der Waals surface area contributed by atoms with Crippen molar-refractivity contribution in [3.63, 3.8) is 0 Å². The summed E-state index contributed by atoms with van der Waals surface area (Å²) in [6, 6.07) is 15.0. The first kappa shape index (κ1) is 17.7. The number of carbonyl (C=O) groups is 2. The van der Waals surface area contributed by atoms with Crippen molar-refractivity contribution in [2.45, 2.75) is 0 Å². The monoisotopic (exact) mass is 370 g/mol. The molecule has 0 bridgehead atoms. The maximum Gasteiger partial charge on any atom is 0.349 e. The molecule has 0 saturated heterocycles. The van der Waals surface area contributed by atoms with Gasteiger partial charge in [-0.15, -0.1) is 0 Å². The van der Waals surface area contributed by atoms with Crippen molar-refractivity contribution in [1.82, 2.24) is 4.90 Å². The number of nitrogens with zero attached hydrogens (tertiary/aromatic N) is 1. The third-order valence-corrected chi connectivity index (χ3v) is 3.94. The summed E-state index contributed by atoms with van der Waals surface area (Å²) >= 11 is 5.87. The van der Waals surface area contributed by atoms with Crippen molar-refractivity contribution < 1.29 is 14.0 Å². The van der Waals surface area contributed by atoms with Crippen molar-refractivity contribution in [3.8, 4) is 0 Å². The van der Waals surface area contributed by atoms with Crippen LogP contribution in [-0.2, 0) is 4.79 Å². The summed E-state index contributed by atoms with van der Waals surface area (Å²) in [6.45, 7) is -0.225. The number of hydrogen-bond donors (Lipinski definition) is 1. The van der Waals surface area contributed by atoms with Gasteiger partial charge in [0.25, 0.3) is 5.91 Å². The minimum absolute atomic E-state index is 0.123. The van der Waals surface area contributed by atoms with Gasteiger partial charge in [0.05, 0.1) is 6.54 Å². The van der Waals surface area contributed by atoms with Gasteiger partial charge in [0, 0.05) is 23.1 Å². The van der Waals surface area contributed by atoms with Crippen LogP contribution in [0.3, 0.4) is 0 Å². The van der Waals surface area contributed by atoms with Crippen LogP contribution < -0.4 is 10.9 Å². The number of nitrogens with one attached hydrogen (secondary N) is 1. The molecule has 3 aromatic rings. The molecule has 26 heavy (non-hydrogen) atoms. The molecule has 0 radical (unpaired) electrons. The van der Waals surface area contributed by atoms with E-state index in [0.29, 0.717) is 21.7 Å². The van der Waals surface area contributed by atoms with Gasteiger partial charge >= 0.3 is 5.63 Å². The maximum absolute atomic E-state index is 12.5. The maximum atomic E-state index is 12.5. The lowest BCUT2D eigenvalue weighted by Crippen LogP contribution is -2.36. The zero-order valence-corrected chi connectivity index (χ0v) is 14.6. The Labute approximate surface area is 154 Å². The van der Waals surface area contributed by atoms with E-state index in [1.807, 2.05) is 0 Å². The number of anilines is 1. The van der Waals surface area contributed by atoms with E-state index >= 15 is 0 Å². The van der Waals surface area contributed by atoms with Crippen LogP contribution in [0.1, 0.15) is 10.4 Å². The SMILES string of the molecule is CN(CC(=O)Nc1cccc(Cl)c1)C(=O)c1cc2ccccc2oc1=O. The zero-order chi connectivity index (χ0) is 18.7. The highest BCUT2D eigenvalue weighted by molar-refractivity contribution is 6.30. The van der Waals surface area contributed by atoms with Gasteiger partial charge in [0.2, 0.25) is 5.91 Å². The zero-order valence-electron chi connectivity index (χ0n) is 13.9. The van der Waals surface area contributed by atoms with E-state index in [0.717, 1.165) is 4.90 Å². The standard InChI is InChI=1S/C19H15ClN2O4/c1-22(11-17(23)21-14-7-4-6-13(20)10-14)18(24)15-9-12-5-2-3-8-16(12)26-19(15)25/h2-10H,11H2,1H3,(H,21,23). The van der Waals surface area contributed by atoms with E-state index < -0.39 is 17.4 Å². The largest absolute Gasteiger partial charge is 0.422 e. The Bertz CT molecular complexity index is 1040. The Hall–Kier alpha value is -3.12. The van der Waals surface area contributed by atoms with Gasteiger partial charge in [0.1, 0.15) is 11.1 Å². The van der Waals surface area contributed by atoms with Gasteiger partial charge in [-0.3, -0.25) is 9.59 Å². The number of halogens is 1. The molecule has 7 heteroatoms. The highest BCUT2D eigenvalue weighted by atomic mass is 35.5. The van der Waals surface area contributed by atoms with Crippen molar-refractivity contribution in [1.29, 1.82) is 0 Å². The quantitative estimate of drug-likeness (QED) is 0.715. The fourth-order valence-corrected chi connectivity index (χ4v) is 2.66. The van der Waals surface area contributed by atoms with E-state index in [9.17, 15) is 14.4 Å². The molecule has 1 heterocycles. The van der Waals surface area contributed by atoms with Crippen LogP contribution >= 0.6 is 11.6 Å². The molecular weight excluding hydrogens is 356 g/mol. The highest BCUT2D eigenvalue weighted by Crippen LogP contribution is 2.15. The predicted octanol–water partition coefficient (Wildman–Crippen LogP) is 3.16. The molecule has 1 aromatic heterocycles. The summed E-state index contributed by atoms with van der Waals surface area (Å²) in [5, 5.41) is 3.76. The molecule has 132 valence electrons. The smallest absolute Gasteiger partial charge is 0.349 e. The normalized spacial score (nSPS) is 10.5. The molecule has 0 aliphatic heterocycles. The average Bonchev–Trinajstić information content (AvgIpc) is 2.60. The average molecular weight is 371 g/mol. The van der Waals surface area contributed by atoms with Crippen LogP contribution in [0.2, 0.25) is 5.02 Å². The molecule has 1 N–H and O–H groups in total. The molecule has 0 atom stereocenters. The third-order valence-electron chi connectivity index (χ3n) is 3.71. The molecule has 0 fully saturated rings. The summed E-state index contributed by atoms with van der Waals surface area (Å²) in [6.07, 6.45) is 0. The molecule has 0 saturated carbocycles. The second kappa shape index (κ2) is 7.41. The lowest BCUT2D eigenvalue weighted by molar-refractivity contribution is -0.116. The second-order valence-corrected chi connectivity index (χ2v) is 6.14. The predicted molar refractivity (Wildman–Crippen MR) is 99.5 cm³/mol. The summed E-state index contributed by atoms with van der Waals surface area (Å²) < 4.78 is 5.16. The van der Waals surface area contributed by atoms with Gasteiger partial charge in [-0.1, -0.05) is 35.9 Å². The fraction of sp³-hybridized carbons (Fsp3) is 0.105. The Morgan fingerprint density at radius 2 is 1.88 bits per heavy atom. The van der Waals surface area contributed by atoms with Gasteiger partial charge < -0.3 is 14.6 Å². The number of carbonyl (C=O) groups excluding carboxylic acids is 2. The summed E-state index contributed by atoms with van der Waals surface area (Å²) in [5.74, 6) is -1.00. The number of benzene rings is 2. The fourth-order valence-electron chi connectivity index (χ4n) is 2.47. The Morgan fingerprint density at radius 1 is 1.12 bits per heavy atom. The lowest BCUT2D eigenvalue weighted by Gasteiger charge is -2.16. The number of hydrogen-bond acceptors (Lipinski definition) is 4. The molecule has 0 spiro atoms. The number of amides is 2. The molecule has 0 aliphatic rings. The van der Waals surface area contributed by atoms with Crippen LogP contribution in [0.25, 0.3) is 11.0 Å². The highest BCUT2D eigenvalue weighted by Gasteiger charge is 2.19. The molecule has 2 aromatic carbocycles. The van der Waals surface area contributed by atoms with E-state index in [2.05, 4.69) is 5.32 Å². The Kier molecular flexibility index (Phi) is 5.04. The third kappa shape index (κ3) is 3.92. The minimum Gasteiger partial charge on any atom is -0.422 e. The first-order chi connectivity index (χ1) is 12.4. The van der Waals surface area contributed by atoms with Crippen molar-refractivity contribution in [3.05, 3.63) is 75.6 Å². The van der Waals surface area contributed by atoms with E-state index in [1.165, 1.54) is 13.1 Å². The van der Waals surface area contributed by atoms with Gasteiger partial charge in [-0.2, -0.15) is 0 Å². The number of rotatable bonds is 4.